The number of ether oxygens (including phenoxy) is 1. The number of aldehydes is 1. The van der Waals surface area contributed by atoms with E-state index in [2.05, 4.69) is 4.74 Å². The van der Waals surface area contributed by atoms with E-state index in [0.717, 1.165) is 11.2 Å². The fourth-order valence-corrected chi connectivity index (χ4v) is 1.12. The van der Waals surface area contributed by atoms with E-state index in [1.807, 2.05) is 11.4 Å². The molecule has 5 heteroatoms. The minimum Gasteiger partial charge on any atom is -0.464 e. The van der Waals surface area contributed by atoms with Gasteiger partial charge in [0.25, 0.3) is 0 Å². The van der Waals surface area contributed by atoms with Crippen molar-refractivity contribution in [1.29, 1.82) is 0 Å². The van der Waals surface area contributed by atoms with Crippen LogP contribution in [0.1, 0.15) is 16.6 Å². The number of esters is 1. The molecule has 0 atom stereocenters. The van der Waals surface area contributed by atoms with Crippen LogP contribution in [0.15, 0.2) is 29.3 Å². The van der Waals surface area contributed by atoms with Crippen molar-refractivity contribution in [3.05, 3.63) is 34.2 Å². The first-order valence-corrected chi connectivity index (χ1v) is 5.02. The van der Waals surface area contributed by atoms with Crippen LogP contribution in [-0.2, 0) is 9.53 Å². The summed E-state index contributed by atoms with van der Waals surface area (Å²) in [6.45, 7) is 1.67. The Morgan fingerprint density at radius 1 is 1.60 bits per heavy atom. The van der Waals surface area contributed by atoms with Gasteiger partial charge in [-0.05, 0) is 18.4 Å². The standard InChI is InChI=1S/C5H9NO2.C5H4OS/c1-3-4(6)5(7)8-2;6-4-5-2-1-3-7-5/h3H,6H2,1-2H3;1-4H/b4-3-;. The van der Waals surface area contributed by atoms with Crippen LogP contribution in [0.2, 0.25) is 0 Å². The smallest absolute Gasteiger partial charge is 0.353 e. The second-order valence-electron chi connectivity index (χ2n) is 2.37. The van der Waals surface area contributed by atoms with Crippen LogP contribution in [0.4, 0.5) is 0 Å². The van der Waals surface area contributed by atoms with Crippen molar-refractivity contribution in [2.45, 2.75) is 6.92 Å². The molecule has 0 spiro atoms. The maximum absolute atomic E-state index is 10.3. The van der Waals surface area contributed by atoms with Gasteiger partial charge in [0, 0.05) is 0 Å². The van der Waals surface area contributed by atoms with Crippen LogP contribution in [0.5, 0.6) is 0 Å². The summed E-state index contributed by atoms with van der Waals surface area (Å²) < 4.78 is 4.27. The minimum absolute atomic E-state index is 0.146. The van der Waals surface area contributed by atoms with Crippen molar-refractivity contribution in [3.63, 3.8) is 0 Å². The summed E-state index contributed by atoms with van der Waals surface area (Å²) in [4.78, 5) is 21.0. The van der Waals surface area contributed by atoms with Crippen molar-refractivity contribution < 1.29 is 14.3 Å². The van der Waals surface area contributed by atoms with Crippen LogP contribution >= 0.6 is 11.3 Å². The van der Waals surface area contributed by atoms with E-state index in [4.69, 9.17) is 5.73 Å². The van der Waals surface area contributed by atoms with Gasteiger partial charge in [-0.1, -0.05) is 12.1 Å². The van der Waals surface area contributed by atoms with Crippen LogP contribution in [0, 0.1) is 0 Å². The molecule has 4 nitrogen and oxygen atoms in total. The van der Waals surface area contributed by atoms with Crippen molar-refractivity contribution in [2.75, 3.05) is 7.11 Å². The highest BCUT2D eigenvalue weighted by molar-refractivity contribution is 7.11. The third kappa shape index (κ3) is 5.64. The first kappa shape index (κ1) is 13.4. The van der Waals surface area contributed by atoms with Crippen molar-refractivity contribution in [2.24, 2.45) is 5.73 Å². The highest BCUT2D eigenvalue weighted by Crippen LogP contribution is 2.03. The summed E-state index contributed by atoms with van der Waals surface area (Å²) in [6.07, 6.45) is 2.34. The van der Waals surface area contributed by atoms with Gasteiger partial charge in [0.15, 0.2) is 6.29 Å². The molecule has 0 aliphatic carbocycles. The van der Waals surface area contributed by atoms with Gasteiger partial charge in [-0.15, -0.1) is 11.3 Å². The summed E-state index contributed by atoms with van der Waals surface area (Å²) in [7, 11) is 1.29. The zero-order chi connectivity index (χ0) is 11.7. The second-order valence-corrected chi connectivity index (χ2v) is 3.35. The van der Waals surface area contributed by atoms with Gasteiger partial charge in [0.2, 0.25) is 0 Å². The van der Waals surface area contributed by atoms with E-state index in [1.165, 1.54) is 24.5 Å². The Morgan fingerprint density at radius 3 is 2.47 bits per heavy atom. The fraction of sp³-hybridized carbons (Fsp3) is 0.200. The molecule has 1 rings (SSSR count). The van der Waals surface area contributed by atoms with E-state index in [1.54, 1.807) is 13.0 Å². The Kier molecular flexibility index (Phi) is 6.92. The molecule has 0 saturated heterocycles. The number of nitrogens with two attached hydrogens (primary N) is 1. The topological polar surface area (TPSA) is 69.4 Å². The van der Waals surface area contributed by atoms with Gasteiger partial charge in [-0.25, -0.2) is 4.79 Å². The lowest BCUT2D eigenvalue weighted by atomic mass is 10.4. The summed E-state index contributed by atoms with van der Waals surface area (Å²) in [5, 5.41) is 1.88. The van der Waals surface area contributed by atoms with Gasteiger partial charge in [-0.3, -0.25) is 4.79 Å². The van der Waals surface area contributed by atoms with Crippen LogP contribution < -0.4 is 5.73 Å². The number of carbonyl (C=O) groups is 2. The predicted molar refractivity (Wildman–Crippen MR) is 59.7 cm³/mol. The quantitative estimate of drug-likeness (QED) is 0.473. The zero-order valence-electron chi connectivity index (χ0n) is 8.60. The number of carbonyl (C=O) groups excluding carboxylic acids is 2. The van der Waals surface area contributed by atoms with Crippen LogP contribution in [0.3, 0.4) is 0 Å². The Bertz CT molecular complexity index is 330. The molecule has 1 aromatic heterocycles. The number of allylic oxidation sites excluding steroid dienone is 1. The highest BCUT2D eigenvalue weighted by Gasteiger charge is 1.99. The van der Waals surface area contributed by atoms with E-state index in [9.17, 15) is 9.59 Å². The lowest BCUT2D eigenvalue weighted by Gasteiger charge is -1.94. The van der Waals surface area contributed by atoms with Crippen LogP contribution in [-0.4, -0.2) is 19.4 Å². The van der Waals surface area contributed by atoms with E-state index >= 15 is 0 Å². The molecule has 0 aliphatic rings. The Labute approximate surface area is 92.4 Å². The molecule has 15 heavy (non-hydrogen) atoms. The first-order chi connectivity index (χ1) is 7.15. The van der Waals surface area contributed by atoms with Gasteiger partial charge >= 0.3 is 5.97 Å². The molecule has 1 aromatic rings. The normalized spacial score (nSPS) is 9.87. The SMILES string of the molecule is C/C=C(\N)C(=O)OC.O=Cc1cccs1. The average molecular weight is 227 g/mol. The fourth-order valence-electron chi connectivity index (χ4n) is 0.594. The van der Waals surface area contributed by atoms with E-state index < -0.39 is 5.97 Å². The maximum atomic E-state index is 10.3. The lowest BCUT2D eigenvalue weighted by Crippen LogP contribution is -2.11. The van der Waals surface area contributed by atoms with Crippen molar-refractivity contribution >= 4 is 23.6 Å². The van der Waals surface area contributed by atoms with Gasteiger partial charge in [-0.2, -0.15) is 0 Å². The van der Waals surface area contributed by atoms with E-state index in [0.29, 0.717) is 0 Å². The first-order valence-electron chi connectivity index (χ1n) is 4.14. The molecular formula is C10H13NO3S. The number of hydrogen-bond acceptors (Lipinski definition) is 5. The maximum Gasteiger partial charge on any atom is 0.353 e. The molecular weight excluding hydrogens is 214 g/mol. The molecule has 0 unspecified atom stereocenters. The largest absolute Gasteiger partial charge is 0.464 e. The van der Waals surface area contributed by atoms with Gasteiger partial charge in [0.05, 0.1) is 12.0 Å². The molecule has 0 saturated carbocycles. The number of methoxy groups -OCH3 is 1. The molecule has 0 bridgehead atoms. The molecule has 1 heterocycles. The van der Waals surface area contributed by atoms with Crippen LogP contribution in [0.25, 0.3) is 0 Å². The van der Waals surface area contributed by atoms with Crippen molar-refractivity contribution in [1.82, 2.24) is 0 Å². The number of rotatable bonds is 2. The molecule has 82 valence electrons. The van der Waals surface area contributed by atoms with Gasteiger partial charge < -0.3 is 10.5 Å². The average Bonchev–Trinajstić information content (AvgIpc) is 2.80. The van der Waals surface area contributed by atoms with E-state index in [-0.39, 0.29) is 5.70 Å². The molecule has 0 aliphatic heterocycles. The molecule has 2 N–H and O–H groups in total. The monoisotopic (exact) mass is 227 g/mol. The predicted octanol–water partition coefficient (Wildman–Crippen LogP) is 1.58. The minimum atomic E-state index is -0.479. The summed E-state index contributed by atoms with van der Waals surface area (Å²) in [5.74, 6) is -0.479. The highest BCUT2D eigenvalue weighted by atomic mass is 32.1. The number of hydrogen-bond donors (Lipinski definition) is 1. The zero-order valence-corrected chi connectivity index (χ0v) is 9.41. The third-order valence-electron chi connectivity index (χ3n) is 1.39. The lowest BCUT2D eigenvalue weighted by molar-refractivity contribution is -0.136. The second kappa shape index (κ2) is 7.75. The molecule has 0 amide bonds. The summed E-state index contributed by atoms with van der Waals surface area (Å²) in [5.41, 5.74) is 5.26. The van der Waals surface area contributed by atoms with Gasteiger partial charge in [0.1, 0.15) is 5.70 Å². The summed E-state index contributed by atoms with van der Waals surface area (Å²) in [6, 6.07) is 3.64. The molecule has 0 aromatic carbocycles. The number of thiophene rings is 1. The Balaban J connectivity index is 0.000000262. The third-order valence-corrected chi connectivity index (χ3v) is 2.19. The molecule has 0 radical (unpaired) electrons. The summed E-state index contributed by atoms with van der Waals surface area (Å²) >= 11 is 1.45. The Hall–Kier alpha value is -1.62. The van der Waals surface area contributed by atoms with Crippen molar-refractivity contribution in [3.8, 4) is 0 Å². The Morgan fingerprint density at radius 2 is 2.27 bits per heavy atom. The molecule has 0 fully saturated rings.